The standard InChI is InChI=1S/C24H44/c1-14-17-15(2)21(10,19(4,5)6)23(17,12)24(13)18(14)16(3)22(24,11)20(7,8)9/h14-18H,1-13H3. The minimum absolute atomic E-state index is 0.354. The molecule has 0 spiro atoms. The quantitative estimate of drug-likeness (QED) is 0.437. The van der Waals surface area contributed by atoms with Crippen molar-refractivity contribution in [3.63, 3.8) is 0 Å². The molecule has 3 saturated carbocycles. The molecule has 0 amide bonds. The van der Waals surface area contributed by atoms with E-state index in [1.54, 1.807) is 0 Å². The number of hydrogen-bond acceptors (Lipinski definition) is 0. The van der Waals surface area contributed by atoms with Gasteiger partial charge in [-0.1, -0.05) is 90.0 Å². The summed E-state index contributed by atoms with van der Waals surface area (Å²) in [4.78, 5) is 0. The Morgan fingerprint density at radius 3 is 1.00 bits per heavy atom. The average Bonchev–Trinajstić information content (AvgIpc) is 2.56. The highest BCUT2D eigenvalue weighted by Crippen LogP contribution is 2.93. The third-order valence-corrected chi connectivity index (χ3v) is 11.7. The summed E-state index contributed by atoms with van der Waals surface area (Å²) in [5.41, 5.74) is 2.41. The summed E-state index contributed by atoms with van der Waals surface area (Å²) in [5.74, 6) is 4.32. The second-order valence-electron chi connectivity index (χ2n) is 12.8. The summed E-state index contributed by atoms with van der Waals surface area (Å²) >= 11 is 0. The molecule has 0 aromatic rings. The molecule has 0 aromatic heterocycles. The summed E-state index contributed by atoms with van der Waals surface area (Å²) in [6.45, 7) is 33.4. The summed E-state index contributed by atoms with van der Waals surface area (Å²) < 4.78 is 0. The van der Waals surface area contributed by atoms with Crippen LogP contribution in [0.15, 0.2) is 0 Å². The molecule has 0 heterocycles. The maximum atomic E-state index is 2.70. The Bertz CT molecular complexity index is 510. The minimum atomic E-state index is 0.354. The molecule has 0 aliphatic heterocycles. The normalized spacial score (nSPS) is 60.1. The fourth-order valence-corrected chi connectivity index (χ4v) is 10.0. The van der Waals surface area contributed by atoms with Gasteiger partial charge in [0.15, 0.2) is 0 Å². The van der Waals surface area contributed by atoms with Crippen LogP contribution in [0.3, 0.4) is 0 Å². The zero-order valence-corrected chi connectivity index (χ0v) is 18.9. The Balaban J connectivity index is 2.25. The molecule has 3 aliphatic rings. The van der Waals surface area contributed by atoms with Crippen molar-refractivity contribution in [2.75, 3.05) is 0 Å². The zero-order chi connectivity index (χ0) is 18.9. The van der Waals surface area contributed by atoms with E-state index in [4.69, 9.17) is 0 Å². The Kier molecular flexibility index (Phi) is 3.35. The SMILES string of the molecule is CC1C2C(C)C(C)(C(C)(C)C)C2(C)C2(C)C1C(C)C2(C)C(C)(C)C. The van der Waals surface area contributed by atoms with Crippen molar-refractivity contribution in [3.05, 3.63) is 0 Å². The first-order valence-corrected chi connectivity index (χ1v) is 10.5. The molecule has 0 heteroatoms. The van der Waals surface area contributed by atoms with E-state index in [0.29, 0.717) is 32.5 Å². The lowest BCUT2D eigenvalue weighted by Gasteiger charge is -2.81. The number of fused-ring (bicyclic) bond motifs is 3. The lowest BCUT2D eigenvalue weighted by Crippen LogP contribution is -2.77. The van der Waals surface area contributed by atoms with Gasteiger partial charge in [-0.05, 0) is 62.1 Å². The van der Waals surface area contributed by atoms with Crippen molar-refractivity contribution >= 4 is 0 Å². The van der Waals surface area contributed by atoms with Crippen molar-refractivity contribution in [2.24, 2.45) is 62.1 Å². The summed E-state index contributed by atoms with van der Waals surface area (Å²) in [5, 5.41) is 0. The molecule has 0 aromatic carbocycles. The second kappa shape index (κ2) is 4.28. The van der Waals surface area contributed by atoms with Crippen LogP contribution in [-0.4, -0.2) is 0 Å². The van der Waals surface area contributed by atoms with Crippen LogP contribution in [0, 0.1) is 62.1 Å². The monoisotopic (exact) mass is 332 g/mol. The van der Waals surface area contributed by atoms with E-state index in [-0.39, 0.29) is 0 Å². The van der Waals surface area contributed by atoms with Crippen LogP contribution in [0.1, 0.15) is 90.0 Å². The van der Waals surface area contributed by atoms with E-state index in [1.807, 2.05) is 0 Å². The van der Waals surface area contributed by atoms with E-state index in [1.165, 1.54) is 0 Å². The van der Waals surface area contributed by atoms with Crippen LogP contribution < -0.4 is 0 Å². The Morgan fingerprint density at radius 1 is 0.542 bits per heavy atom. The van der Waals surface area contributed by atoms with Gasteiger partial charge in [-0.25, -0.2) is 0 Å². The van der Waals surface area contributed by atoms with Crippen molar-refractivity contribution in [1.82, 2.24) is 0 Å². The van der Waals surface area contributed by atoms with Crippen LogP contribution in [0.25, 0.3) is 0 Å². The van der Waals surface area contributed by atoms with E-state index in [9.17, 15) is 0 Å². The van der Waals surface area contributed by atoms with Crippen LogP contribution >= 0.6 is 0 Å². The van der Waals surface area contributed by atoms with Crippen molar-refractivity contribution in [1.29, 1.82) is 0 Å². The molecule has 24 heavy (non-hydrogen) atoms. The topological polar surface area (TPSA) is 0 Å². The molecule has 8 unspecified atom stereocenters. The molecule has 3 fully saturated rings. The van der Waals surface area contributed by atoms with Crippen LogP contribution in [0.5, 0.6) is 0 Å². The highest BCUT2D eigenvalue weighted by atomic mass is 14.9. The molecule has 8 atom stereocenters. The molecule has 0 radical (unpaired) electrons. The summed E-state index contributed by atoms with van der Waals surface area (Å²) in [6, 6.07) is 0. The van der Waals surface area contributed by atoms with Gasteiger partial charge in [-0.15, -0.1) is 0 Å². The van der Waals surface area contributed by atoms with Crippen LogP contribution in [0.2, 0.25) is 0 Å². The van der Waals surface area contributed by atoms with Gasteiger partial charge in [0.1, 0.15) is 0 Å². The molecular weight excluding hydrogens is 288 g/mol. The van der Waals surface area contributed by atoms with Crippen molar-refractivity contribution < 1.29 is 0 Å². The molecule has 140 valence electrons. The summed E-state index contributed by atoms with van der Waals surface area (Å²) in [6.07, 6.45) is 0. The number of hydrogen-bond donors (Lipinski definition) is 0. The lowest BCUT2D eigenvalue weighted by molar-refractivity contribution is -0.346. The first-order valence-electron chi connectivity index (χ1n) is 10.5. The molecule has 3 rings (SSSR count). The van der Waals surface area contributed by atoms with Gasteiger partial charge in [0, 0.05) is 0 Å². The minimum Gasteiger partial charge on any atom is -0.0619 e. The Labute approximate surface area is 152 Å². The first kappa shape index (κ1) is 18.8. The zero-order valence-electron chi connectivity index (χ0n) is 18.9. The largest absolute Gasteiger partial charge is 0.0619 e. The lowest BCUT2D eigenvalue weighted by atomic mass is 9.22. The highest BCUT2D eigenvalue weighted by Gasteiger charge is 2.89. The molecule has 3 aliphatic carbocycles. The average molecular weight is 333 g/mol. The second-order valence-corrected chi connectivity index (χ2v) is 12.8. The molecule has 0 saturated heterocycles. The van der Waals surface area contributed by atoms with Crippen LogP contribution in [-0.2, 0) is 0 Å². The van der Waals surface area contributed by atoms with Crippen molar-refractivity contribution in [3.8, 4) is 0 Å². The van der Waals surface area contributed by atoms with Gasteiger partial charge in [-0.3, -0.25) is 0 Å². The fourth-order valence-electron chi connectivity index (χ4n) is 10.0. The van der Waals surface area contributed by atoms with Gasteiger partial charge in [0.2, 0.25) is 0 Å². The predicted molar refractivity (Wildman–Crippen MR) is 106 cm³/mol. The molecule has 0 bridgehead atoms. The van der Waals surface area contributed by atoms with Gasteiger partial charge in [-0.2, -0.15) is 0 Å². The van der Waals surface area contributed by atoms with E-state index >= 15 is 0 Å². The third kappa shape index (κ3) is 1.34. The smallest absolute Gasteiger partial charge is 0.0168 e. The predicted octanol–water partition coefficient (Wildman–Crippen LogP) is 7.29. The first-order chi connectivity index (χ1) is 10.5. The maximum Gasteiger partial charge on any atom is -0.0168 e. The van der Waals surface area contributed by atoms with Crippen molar-refractivity contribution in [2.45, 2.75) is 90.0 Å². The third-order valence-electron chi connectivity index (χ3n) is 11.7. The molecular formula is C24H44. The summed E-state index contributed by atoms with van der Waals surface area (Å²) in [7, 11) is 0. The molecule has 0 nitrogen and oxygen atoms in total. The fraction of sp³-hybridized carbons (Fsp3) is 1.00. The van der Waals surface area contributed by atoms with Gasteiger partial charge >= 0.3 is 0 Å². The van der Waals surface area contributed by atoms with E-state index in [0.717, 1.165) is 29.6 Å². The van der Waals surface area contributed by atoms with Crippen LogP contribution in [0.4, 0.5) is 0 Å². The molecule has 0 N–H and O–H groups in total. The van der Waals surface area contributed by atoms with Gasteiger partial charge < -0.3 is 0 Å². The maximum absolute atomic E-state index is 2.70. The van der Waals surface area contributed by atoms with E-state index in [2.05, 4.69) is 90.0 Å². The van der Waals surface area contributed by atoms with Gasteiger partial charge in [0.05, 0.1) is 0 Å². The van der Waals surface area contributed by atoms with Gasteiger partial charge in [0.25, 0.3) is 0 Å². The van der Waals surface area contributed by atoms with E-state index < -0.39 is 0 Å². The Hall–Kier alpha value is 0. The Morgan fingerprint density at radius 2 is 0.792 bits per heavy atom. The highest BCUT2D eigenvalue weighted by molar-refractivity contribution is 5.35. The number of rotatable bonds is 0.